The van der Waals surface area contributed by atoms with E-state index >= 15 is 0 Å². The molecule has 1 aliphatic rings. The van der Waals surface area contributed by atoms with Crippen molar-refractivity contribution in [2.24, 2.45) is 11.7 Å². The van der Waals surface area contributed by atoms with Gasteiger partial charge in [0.05, 0.1) is 31.3 Å². The maximum atomic E-state index is 12.2. The topological polar surface area (TPSA) is 84.7 Å². The highest BCUT2D eigenvalue weighted by Gasteiger charge is 2.29. The Hall–Kier alpha value is -0.850. The van der Waals surface area contributed by atoms with Crippen LogP contribution in [0.25, 0.3) is 0 Å². The first-order valence-corrected chi connectivity index (χ1v) is 7.31. The lowest BCUT2D eigenvalue weighted by Gasteiger charge is -2.38. The molecule has 0 saturated carbocycles. The van der Waals surface area contributed by atoms with Crippen LogP contribution in [0.3, 0.4) is 0 Å². The SMILES string of the molecule is CCC1COC(C)CN1C(=O)CNC(=O)[C@@H](N)C(C)C.Cl. The van der Waals surface area contributed by atoms with Crippen LogP contribution in [0, 0.1) is 5.92 Å². The number of hydrogen-bond acceptors (Lipinski definition) is 4. The number of nitrogens with one attached hydrogen (secondary N) is 1. The number of halogens is 1. The molecule has 0 aromatic carbocycles. The highest BCUT2D eigenvalue weighted by Crippen LogP contribution is 2.14. The first-order chi connectivity index (χ1) is 9.36. The maximum Gasteiger partial charge on any atom is 0.242 e. The molecule has 1 rings (SSSR count). The molecule has 7 heteroatoms. The van der Waals surface area contributed by atoms with Crippen LogP contribution in [-0.2, 0) is 14.3 Å². The van der Waals surface area contributed by atoms with Gasteiger partial charge in [0.2, 0.25) is 11.8 Å². The molecule has 0 aromatic heterocycles. The van der Waals surface area contributed by atoms with Crippen LogP contribution < -0.4 is 11.1 Å². The molecule has 2 unspecified atom stereocenters. The molecule has 0 aromatic rings. The van der Waals surface area contributed by atoms with Gasteiger partial charge in [-0.3, -0.25) is 9.59 Å². The number of nitrogens with zero attached hydrogens (tertiary/aromatic N) is 1. The molecule has 2 amide bonds. The van der Waals surface area contributed by atoms with Gasteiger partial charge in [-0.2, -0.15) is 0 Å². The van der Waals surface area contributed by atoms with Crippen LogP contribution in [0.15, 0.2) is 0 Å². The van der Waals surface area contributed by atoms with Gasteiger partial charge in [0.25, 0.3) is 0 Å². The van der Waals surface area contributed by atoms with Crippen LogP contribution in [0.2, 0.25) is 0 Å². The number of hydrogen-bond donors (Lipinski definition) is 2. The summed E-state index contributed by atoms with van der Waals surface area (Å²) in [6.07, 6.45) is 0.883. The van der Waals surface area contributed by atoms with Crippen molar-refractivity contribution >= 4 is 24.2 Å². The van der Waals surface area contributed by atoms with Gasteiger partial charge in [-0.25, -0.2) is 0 Å². The Morgan fingerprint density at radius 2 is 2.05 bits per heavy atom. The van der Waals surface area contributed by atoms with E-state index in [1.807, 2.05) is 27.7 Å². The van der Waals surface area contributed by atoms with Crippen molar-refractivity contribution in [2.45, 2.75) is 52.3 Å². The van der Waals surface area contributed by atoms with Gasteiger partial charge >= 0.3 is 0 Å². The normalized spacial score (nSPS) is 23.4. The quantitative estimate of drug-likeness (QED) is 0.773. The summed E-state index contributed by atoms with van der Waals surface area (Å²) in [6, 6.07) is -0.484. The Morgan fingerprint density at radius 1 is 1.43 bits per heavy atom. The van der Waals surface area contributed by atoms with Crippen molar-refractivity contribution < 1.29 is 14.3 Å². The Balaban J connectivity index is 0.00000400. The molecule has 1 heterocycles. The summed E-state index contributed by atoms with van der Waals surface area (Å²) in [5.41, 5.74) is 5.74. The standard InChI is InChI=1S/C14H27N3O3.ClH/c1-5-11-8-20-10(4)7-17(11)12(18)6-16-14(19)13(15)9(2)3;/h9-11,13H,5-8,15H2,1-4H3,(H,16,19);1H/t10?,11?,13-;/m0./s1. The Kier molecular flexibility index (Phi) is 8.85. The molecule has 0 radical (unpaired) electrons. The molecule has 0 bridgehead atoms. The zero-order chi connectivity index (χ0) is 15.3. The average Bonchev–Trinajstić information content (AvgIpc) is 2.43. The Bertz CT molecular complexity index is 352. The lowest BCUT2D eigenvalue weighted by molar-refractivity contribution is -0.144. The van der Waals surface area contributed by atoms with Gasteiger partial charge in [-0.15, -0.1) is 12.4 Å². The van der Waals surface area contributed by atoms with Gasteiger partial charge in [0.1, 0.15) is 0 Å². The van der Waals surface area contributed by atoms with E-state index in [1.54, 1.807) is 4.90 Å². The summed E-state index contributed by atoms with van der Waals surface area (Å²) in [5.74, 6) is -0.295. The largest absolute Gasteiger partial charge is 0.375 e. The monoisotopic (exact) mass is 321 g/mol. The summed E-state index contributed by atoms with van der Waals surface area (Å²) in [5, 5.41) is 2.62. The Labute approximate surface area is 133 Å². The fourth-order valence-corrected chi connectivity index (χ4v) is 2.17. The fourth-order valence-electron chi connectivity index (χ4n) is 2.17. The number of carbonyl (C=O) groups excluding carboxylic acids is 2. The third kappa shape index (κ3) is 5.80. The van der Waals surface area contributed by atoms with Crippen molar-refractivity contribution in [3.8, 4) is 0 Å². The number of amides is 2. The average molecular weight is 322 g/mol. The molecule has 3 atom stereocenters. The van der Waals surface area contributed by atoms with E-state index < -0.39 is 6.04 Å². The number of rotatable bonds is 5. The van der Waals surface area contributed by atoms with Crippen LogP contribution in [0.4, 0.5) is 0 Å². The molecule has 124 valence electrons. The first kappa shape index (κ1) is 20.1. The van der Waals surface area contributed by atoms with Crippen LogP contribution in [0.5, 0.6) is 0 Å². The molecule has 21 heavy (non-hydrogen) atoms. The lowest BCUT2D eigenvalue weighted by atomic mass is 10.1. The molecule has 1 aliphatic heterocycles. The minimum atomic E-state index is -0.576. The van der Waals surface area contributed by atoms with E-state index in [-0.39, 0.29) is 48.8 Å². The van der Waals surface area contributed by atoms with Crippen molar-refractivity contribution in [3.05, 3.63) is 0 Å². The highest BCUT2D eigenvalue weighted by molar-refractivity contribution is 5.87. The maximum absolute atomic E-state index is 12.2. The minimum Gasteiger partial charge on any atom is -0.375 e. The summed E-state index contributed by atoms with van der Waals surface area (Å²) in [7, 11) is 0. The van der Waals surface area contributed by atoms with E-state index in [1.165, 1.54) is 0 Å². The Morgan fingerprint density at radius 3 is 2.57 bits per heavy atom. The third-order valence-electron chi connectivity index (χ3n) is 3.69. The molecule has 1 saturated heterocycles. The van der Waals surface area contributed by atoms with Crippen molar-refractivity contribution in [2.75, 3.05) is 19.7 Å². The highest BCUT2D eigenvalue weighted by atomic mass is 35.5. The molecule has 3 N–H and O–H groups in total. The summed E-state index contributed by atoms with van der Waals surface area (Å²) >= 11 is 0. The summed E-state index contributed by atoms with van der Waals surface area (Å²) < 4.78 is 5.56. The number of morpholine rings is 1. The molecule has 0 aliphatic carbocycles. The minimum absolute atomic E-state index is 0. The van der Waals surface area contributed by atoms with Crippen LogP contribution >= 0.6 is 12.4 Å². The van der Waals surface area contributed by atoms with E-state index in [0.717, 1.165) is 6.42 Å². The number of ether oxygens (including phenoxy) is 1. The van der Waals surface area contributed by atoms with Crippen LogP contribution in [-0.4, -0.2) is 54.6 Å². The predicted molar refractivity (Wildman–Crippen MR) is 84.3 cm³/mol. The van der Waals surface area contributed by atoms with Gasteiger partial charge in [0, 0.05) is 6.54 Å². The fraction of sp³-hybridized carbons (Fsp3) is 0.857. The molecule has 1 fully saturated rings. The molecule has 0 spiro atoms. The molecular weight excluding hydrogens is 294 g/mol. The first-order valence-electron chi connectivity index (χ1n) is 7.31. The van der Waals surface area contributed by atoms with Crippen LogP contribution in [0.1, 0.15) is 34.1 Å². The smallest absolute Gasteiger partial charge is 0.242 e. The second kappa shape index (κ2) is 9.23. The number of carbonyl (C=O) groups is 2. The molecule has 6 nitrogen and oxygen atoms in total. The second-order valence-corrected chi connectivity index (χ2v) is 5.74. The van der Waals surface area contributed by atoms with Crippen molar-refractivity contribution in [1.82, 2.24) is 10.2 Å². The van der Waals surface area contributed by atoms with E-state index in [9.17, 15) is 9.59 Å². The zero-order valence-corrected chi connectivity index (χ0v) is 14.1. The van der Waals surface area contributed by atoms with E-state index in [2.05, 4.69) is 5.32 Å². The predicted octanol–water partition coefficient (Wildman–Crippen LogP) is 0.534. The van der Waals surface area contributed by atoms with Gasteiger partial charge < -0.3 is 20.7 Å². The molecular formula is C14H28ClN3O3. The van der Waals surface area contributed by atoms with Crippen molar-refractivity contribution in [1.29, 1.82) is 0 Å². The summed E-state index contributed by atoms with van der Waals surface area (Å²) in [6.45, 7) is 8.86. The van der Waals surface area contributed by atoms with Gasteiger partial charge in [-0.1, -0.05) is 20.8 Å². The van der Waals surface area contributed by atoms with E-state index in [0.29, 0.717) is 13.2 Å². The van der Waals surface area contributed by atoms with Gasteiger partial charge in [-0.05, 0) is 19.3 Å². The zero-order valence-electron chi connectivity index (χ0n) is 13.3. The number of nitrogens with two attached hydrogens (primary N) is 1. The third-order valence-corrected chi connectivity index (χ3v) is 3.69. The summed E-state index contributed by atoms with van der Waals surface area (Å²) in [4.78, 5) is 25.8. The van der Waals surface area contributed by atoms with Crippen molar-refractivity contribution in [3.63, 3.8) is 0 Å². The second-order valence-electron chi connectivity index (χ2n) is 5.74. The van der Waals surface area contributed by atoms with E-state index in [4.69, 9.17) is 10.5 Å². The van der Waals surface area contributed by atoms with Gasteiger partial charge in [0.15, 0.2) is 0 Å². The lowest BCUT2D eigenvalue weighted by Crippen LogP contribution is -2.55.